The average Bonchev–Trinajstić information content (AvgIpc) is 2.08. The van der Waals surface area contributed by atoms with Crippen molar-refractivity contribution in [1.29, 1.82) is 0 Å². The molecule has 0 saturated carbocycles. The van der Waals surface area contributed by atoms with Gasteiger partial charge >= 0.3 is 0 Å². The van der Waals surface area contributed by atoms with Crippen molar-refractivity contribution in [3.63, 3.8) is 0 Å². The molecule has 70 valence electrons. The van der Waals surface area contributed by atoms with Gasteiger partial charge in [-0.2, -0.15) is 0 Å². The predicted octanol–water partition coefficient (Wildman–Crippen LogP) is 2.94. The summed E-state index contributed by atoms with van der Waals surface area (Å²) in [6, 6.07) is 8.05. The molecule has 1 aromatic rings. The van der Waals surface area contributed by atoms with Gasteiger partial charge in [0.1, 0.15) is 0 Å². The zero-order valence-electron chi connectivity index (χ0n) is 7.88. The molecule has 2 heteroatoms. The van der Waals surface area contributed by atoms with Crippen molar-refractivity contribution < 1.29 is 4.79 Å². The lowest BCUT2D eigenvalue weighted by Crippen LogP contribution is -2.08. The molecule has 0 aliphatic rings. The van der Waals surface area contributed by atoms with E-state index in [0.717, 1.165) is 6.42 Å². The highest BCUT2D eigenvalue weighted by atomic mass is 35.5. The first kappa shape index (κ1) is 10.3. The molecule has 0 aliphatic carbocycles. The van der Waals surface area contributed by atoms with E-state index in [2.05, 4.69) is 0 Å². The van der Waals surface area contributed by atoms with Gasteiger partial charge in [0, 0.05) is 5.92 Å². The second-order valence-electron chi connectivity index (χ2n) is 3.34. The van der Waals surface area contributed by atoms with Crippen molar-refractivity contribution in [3.8, 4) is 0 Å². The molecule has 1 rings (SSSR count). The van der Waals surface area contributed by atoms with Crippen LogP contribution in [0, 0.1) is 12.8 Å². The van der Waals surface area contributed by atoms with E-state index < -0.39 is 0 Å². The summed E-state index contributed by atoms with van der Waals surface area (Å²) in [5.74, 6) is -0.0947. The Hall–Kier alpha value is -0.820. The number of carbonyl (C=O) groups is 1. The van der Waals surface area contributed by atoms with Gasteiger partial charge in [-0.25, -0.2) is 0 Å². The molecular weight excluding hydrogens is 184 g/mol. The monoisotopic (exact) mass is 196 g/mol. The molecule has 13 heavy (non-hydrogen) atoms. The third-order valence-corrected chi connectivity index (χ3v) is 2.55. The Kier molecular flexibility index (Phi) is 3.49. The number of hydrogen-bond acceptors (Lipinski definition) is 1. The van der Waals surface area contributed by atoms with E-state index in [0.29, 0.717) is 0 Å². The van der Waals surface area contributed by atoms with E-state index in [-0.39, 0.29) is 11.2 Å². The van der Waals surface area contributed by atoms with Crippen LogP contribution >= 0.6 is 11.6 Å². The molecule has 0 aromatic heterocycles. The summed E-state index contributed by atoms with van der Waals surface area (Å²) in [4.78, 5) is 10.8. The lowest BCUT2D eigenvalue weighted by molar-refractivity contribution is -0.114. The van der Waals surface area contributed by atoms with Crippen LogP contribution in [0.1, 0.15) is 18.1 Å². The number of benzene rings is 1. The highest BCUT2D eigenvalue weighted by molar-refractivity contribution is 6.63. The van der Waals surface area contributed by atoms with Crippen molar-refractivity contribution in [2.75, 3.05) is 0 Å². The summed E-state index contributed by atoms with van der Waals surface area (Å²) in [5, 5.41) is -0.261. The Morgan fingerprint density at radius 1 is 1.46 bits per heavy atom. The van der Waals surface area contributed by atoms with E-state index >= 15 is 0 Å². The first-order valence-corrected chi connectivity index (χ1v) is 4.73. The third kappa shape index (κ3) is 2.85. The van der Waals surface area contributed by atoms with Crippen LogP contribution in [-0.2, 0) is 11.2 Å². The van der Waals surface area contributed by atoms with Crippen molar-refractivity contribution >= 4 is 16.8 Å². The number of halogens is 1. The number of rotatable bonds is 3. The summed E-state index contributed by atoms with van der Waals surface area (Å²) in [6.07, 6.45) is 0.731. The van der Waals surface area contributed by atoms with Gasteiger partial charge in [-0.05, 0) is 36.1 Å². The van der Waals surface area contributed by atoms with Crippen molar-refractivity contribution in [1.82, 2.24) is 0 Å². The van der Waals surface area contributed by atoms with E-state index in [9.17, 15) is 4.79 Å². The highest BCUT2D eigenvalue weighted by Gasteiger charge is 2.11. The summed E-state index contributed by atoms with van der Waals surface area (Å²) >= 11 is 5.39. The van der Waals surface area contributed by atoms with Gasteiger partial charge in [0.15, 0.2) is 0 Å². The molecule has 0 radical (unpaired) electrons. The molecule has 0 amide bonds. The molecule has 0 bridgehead atoms. The lowest BCUT2D eigenvalue weighted by atomic mass is 9.98. The fourth-order valence-corrected chi connectivity index (χ4v) is 1.33. The molecule has 0 heterocycles. The van der Waals surface area contributed by atoms with Crippen LogP contribution in [0.5, 0.6) is 0 Å². The largest absolute Gasteiger partial charge is 0.281 e. The van der Waals surface area contributed by atoms with Gasteiger partial charge in [-0.1, -0.05) is 31.2 Å². The van der Waals surface area contributed by atoms with E-state index in [1.165, 1.54) is 11.1 Å². The Labute approximate surface area is 83.7 Å². The molecule has 0 unspecified atom stereocenters. The predicted molar refractivity (Wildman–Crippen MR) is 54.9 cm³/mol. The van der Waals surface area contributed by atoms with Crippen molar-refractivity contribution in [2.45, 2.75) is 20.3 Å². The molecule has 1 atom stereocenters. The number of aryl methyl sites for hydroxylation is 1. The highest BCUT2D eigenvalue weighted by Crippen LogP contribution is 2.14. The number of carbonyl (C=O) groups excluding carboxylic acids is 1. The second-order valence-corrected chi connectivity index (χ2v) is 3.71. The van der Waals surface area contributed by atoms with Gasteiger partial charge in [0.25, 0.3) is 0 Å². The molecule has 0 saturated heterocycles. The van der Waals surface area contributed by atoms with Gasteiger partial charge in [-0.15, -0.1) is 0 Å². The Bertz CT molecular complexity index is 307. The first-order valence-electron chi connectivity index (χ1n) is 4.35. The van der Waals surface area contributed by atoms with E-state index in [1.54, 1.807) is 0 Å². The quantitative estimate of drug-likeness (QED) is 0.680. The maximum atomic E-state index is 10.8. The van der Waals surface area contributed by atoms with Crippen molar-refractivity contribution in [2.24, 2.45) is 5.92 Å². The number of hydrogen-bond donors (Lipinski definition) is 0. The van der Waals surface area contributed by atoms with Crippen LogP contribution in [0.25, 0.3) is 0 Å². The maximum absolute atomic E-state index is 10.8. The normalized spacial score (nSPS) is 12.5. The zero-order chi connectivity index (χ0) is 9.84. The van der Waals surface area contributed by atoms with Crippen LogP contribution < -0.4 is 0 Å². The van der Waals surface area contributed by atoms with Crippen LogP contribution in [0.3, 0.4) is 0 Å². The molecule has 0 N–H and O–H groups in total. The van der Waals surface area contributed by atoms with Crippen LogP contribution in [0.2, 0.25) is 0 Å². The first-order chi connectivity index (χ1) is 6.11. The van der Waals surface area contributed by atoms with Gasteiger partial charge < -0.3 is 0 Å². The Morgan fingerprint density at radius 3 is 2.62 bits per heavy atom. The molecule has 0 fully saturated rings. The molecule has 1 nitrogen and oxygen atoms in total. The standard InChI is InChI=1S/C11H13ClO/c1-8-5-3-4-6-10(8)7-9(2)11(12)13/h3-6,9H,7H2,1-2H3/t9-/m0/s1. The molecule has 1 aromatic carbocycles. The van der Waals surface area contributed by atoms with E-state index in [1.807, 2.05) is 38.1 Å². The Morgan fingerprint density at radius 2 is 2.08 bits per heavy atom. The fraction of sp³-hybridized carbons (Fsp3) is 0.364. The Balaban J connectivity index is 2.74. The second kappa shape index (κ2) is 4.43. The lowest BCUT2D eigenvalue weighted by Gasteiger charge is -2.08. The minimum atomic E-state index is -0.261. The fourth-order valence-electron chi connectivity index (χ4n) is 1.25. The van der Waals surface area contributed by atoms with Gasteiger partial charge in [0.05, 0.1) is 0 Å². The smallest absolute Gasteiger partial charge is 0.224 e. The minimum Gasteiger partial charge on any atom is -0.281 e. The van der Waals surface area contributed by atoms with Crippen LogP contribution in [0.4, 0.5) is 0 Å². The minimum absolute atomic E-state index is 0.0947. The van der Waals surface area contributed by atoms with E-state index in [4.69, 9.17) is 11.6 Å². The molecule has 0 spiro atoms. The summed E-state index contributed by atoms with van der Waals surface area (Å²) < 4.78 is 0. The van der Waals surface area contributed by atoms with Gasteiger partial charge in [-0.3, -0.25) is 4.79 Å². The molecular formula is C11H13ClO. The van der Waals surface area contributed by atoms with Crippen LogP contribution in [0.15, 0.2) is 24.3 Å². The molecule has 0 aliphatic heterocycles. The SMILES string of the molecule is Cc1ccccc1C[C@H](C)C(=O)Cl. The maximum Gasteiger partial charge on any atom is 0.224 e. The topological polar surface area (TPSA) is 17.1 Å². The summed E-state index contributed by atoms with van der Waals surface area (Å²) in [5.41, 5.74) is 2.41. The van der Waals surface area contributed by atoms with Crippen molar-refractivity contribution in [3.05, 3.63) is 35.4 Å². The average molecular weight is 197 g/mol. The van der Waals surface area contributed by atoms with Crippen LogP contribution in [-0.4, -0.2) is 5.24 Å². The summed E-state index contributed by atoms with van der Waals surface area (Å²) in [6.45, 7) is 3.89. The third-order valence-electron chi connectivity index (χ3n) is 2.17. The summed E-state index contributed by atoms with van der Waals surface area (Å²) in [7, 11) is 0. The van der Waals surface area contributed by atoms with Gasteiger partial charge in [0.2, 0.25) is 5.24 Å². The zero-order valence-corrected chi connectivity index (χ0v) is 8.64.